The summed E-state index contributed by atoms with van der Waals surface area (Å²) in [6, 6.07) is 28.8. The Labute approximate surface area is 250 Å². The normalized spacial score (nSPS) is 13.0. The van der Waals surface area contributed by atoms with Crippen LogP contribution < -0.4 is 10.1 Å². The Hall–Kier alpha value is -4.88. The summed E-state index contributed by atoms with van der Waals surface area (Å²) in [4.78, 5) is 13.1. The third kappa shape index (κ3) is 4.76. The van der Waals surface area contributed by atoms with E-state index < -0.39 is 5.97 Å². The van der Waals surface area contributed by atoms with Crippen LogP contribution in [-0.2, 0) is 33.1 Å². The number of carbonyl (C=O) groups is 1. The first-order chi connectivity index (χ1) is 21.0. The van der Waals surface area contributed by atoms with Gasteiger partial charge in [0.1, 0.15) is 11.4 Å². The molecule has 7 nitrogen and oxygen atoms in total. The molecule has 0 aliphatic carbocycles. The van der Waals surface area contributed by atoms with Gasteiger partial charge in [-0.1, -0.05) is 78.9 Å². The molecule has 0 fully saturated rings. The first-order valence-electron chi connectivity index (χ1n) is 14.8. The highest BCUT2D eigenvalue weighted by Gasteiger charge is 2.27. The van der Waals surface area contributed by atoms with Crippen LogP contribution in [0.1, 0.15) is 45.0 Å². The van der Waals surface area contributed by atoms with Crippen LogP contribution in [0.3, 0.4) is 0 Å². The zero-order valence-electron chi connectivity index (χ0n) is 24.4. The van der Waals surface area contributed by atoms with Gasteiger partial charge >= 0.3 is 5.97 Å². The number of carboxylic acids is 1. The SMILES string of the molecule is Cc1c2c(nn1C)CNCc1ccccc1Cn1c(C(=O)O)c(CCCOc3cccc4ccccc34)c3cccc-2c31. The highest BCUT2D eigenvalue weighted by molar-refractivity contribution is 6.04. The number of aromatic nitrogens is 3. The van der Waals surface area contributed by atoms with Crippen LogP contribution in [0.15, 0.2) is 84.9 Å². The average Bonchev–Trinajstić information content (AvgIpc) is 3.47. The molecule has 7 rings (SSSR count). The molecule has 0 saturated heterocycles. The van der Waals surface area contributed by atoms with E-state index in [1.165, 1.54) is 0 Å². The molecule has 0 radical (unpaired) electrons. The van der Waals surface area contributed by atoms with E-state index in [4.69, 9.17) is 9.84 Å². The quantitative estimate of drug-likeness (QED) is 0.214. The molecule has 43 heavy (non-hydrogen) atoms. The summed E-state index contributed by atoms with van der Waals surface area (Å²) >= 11 is 0. The minimum absolute atomic E-state index is 0.345. The first-order valence-corrected chi connectivity index (χ1v) is 14.8. The predicted octanol–water partition coefficient (Wildman–Crippen LogP) is 6.86. The van der Waals surface area contributed by atoms with Crippen molar-refractivity contribution in [1.29, 1.82) is 0 Å². The molecule has 0 spiro atoms. The number of para-hydroxylation sites is 1. The summed E-state index contributed by atoms with van der Waals surface area (Å²) in [6.45, 7) is 4.32. The van der Waals surface area contributed by atoms with Gasteiger partial charge in [0, 0.05) is 54.3 Å². The lowest BCUT2D eigenvalue weighted by Crippen LogP contribution is -2.16. The maximum absolute atomic E-state index is 13.1. The van der Waals surface area contributed by atoms with Crippen molar-refractivity contribution in [1.82, 2.24) is 19.7 Å². The lowest BCUT2D eigenvalue weighted by Gasteiger charge is -2.14. The van der Waals surface area contributed by atoms with Crippen LogP contribution >= 0.6 is 0 Å². The van der Waals surface area contributed by atoms with Gasteiger partial charge in [-0.25, -0.2) is 4.79 Å². The van der Waals surface area contributed by atoms with Crippen LogP contribution in [0.5, 0.6) is 5.75 Å². The van der Waals surface area contributed by atoms with Crippen LogP contribution in [0.25, 0.3) is 32.8 Å². The van der Waals surface area contributed by atoms with Gasteiger partial charge in [0.15, 0.2) is 0 Å². The lowest BCUT2D eigenvalue weighted by molar-refractivity contribution is 0.0684. The number of carboxylic acid groups (broad SMARTS) is 1. The molecule has 3 heterocycles. The number of aryl methyl sites for hydroxylation is 2. The highest BCUT2D eigenvalue weighted by atomic mass is 16.5. The molecule has 1 aliphatic rings. The molecule has 0 saturated carbocycles. The number of benzene rings is 4. The monoisotopic (exact) mass is 570 g/mol. The van der Waals surface area contributed by atoms with E-state index in [1.54, 1.807) is 0 Å². The predicted molar refractivity (Wildman–Crippen MR) is 170 cm³/mol. The summed E-state index contributed by atoms with van der Waals surface area (Å²) in [5.41, 5.74) is 8.48. The zero-order chi connectivity index (χ0) is 29.5. The minimum atomic E-state index is -0.916. The van der Waals surface area contributed by atoms with Crippen molar-refractivity contribution < 1.29 is 14.6 Å². The molecule has 0 atom stereocenters. The Kier molecular flexibility index (Phi) is 6.95. The largest absolute Gasteiger partial charge is 0.493 e. The molecular weight excluding hydrogens is 536 g/mol. The third-order valence-electron chi connectivity index (χ3n) is 8.70. The van der Waals surface area contributed by atoms with E-state index in [0.29, 0.717) is 44.8 Å². The standard InChI is InChI=1S/C36H34N4O3/c1-23-33-30-16-8-15-28-29(17-9-19-43-32-18-7-13-24-10-5-6-14-27(24)32)35(36(41)42)40(34(28)30)22-26-12-4-3-11-25(26)20-37-21-31(33)38-39(23)2/h3-8,10-16,18,37H,9,17,19-22H2,1-2H3,(H,41,42). The van der Waals surface area contributed by atoms with Crippen molar-refractivity contribution in [3.8, 4) is 16.9 Å². The number of rotatable bonds is 6. The van der Waals surface area contributed by atoms with E-state index in [9.17, 15) is 9.90 Å². The fourth-order valence-corrected chi connectivity index (χ4v) is 6.61. The van der Waals surface area contributed by atoms with E-state index in [0.717, 1.165) is 66.6 Å². The van der Waals surface area contributed by atoms with Crippen LogP contribution in [0.2, 0.25) is 0 Å². The Morgan fingerprint density at radius 1 is 0.930 bits per heavy atom. The molecule has 2 aromatic heterocycles. The maximum Gasteiger partial charge on any atom is 0.352 e. The third-order valence-corrected chi connectivity index (χ3v) is 8.70. The van der Waals surface area contributed by atoms with Crippen molar-refractivity contribution in [2.75, 3.05) is 6.61 Å². The maximum atomic E-state index is 13.1. The number of nitrogens with one attached hydrogen (secondary N) is 1. The molecule has 0 bridgehead atoms. The van der Waals surface area contributed by atoms with Crippen molar-refractivity contribution in [3.63, 3.8) is 0 Å². The number of ether oxygens (including phenoxy) is 1. The number of hydrogen-bond acceptors (Lipinski definition) is 4. The number of fused-ring (bicyclic) bond motifs is 4. The Balaban J connectivity index is 1.34. The Bertz CT molecular complexity index is 2000. The second-order valence-electron chi connectivity index (χ2n) is 11.3. The van der Waals surface area contributed by atoms with Gasteiger partial charge in [0.05, 0.1) is 17.8 Å². The number of aromatic carboxylic acids is 1. The zero-order valence-corrected chi connectivity index (χ0v) is 24.4. The van der Waals surface area contributed by atoms with Crippen molar-refractivity contribution >= 4 is 27.6 Å². The second kappa shape index (κ2) is 11.1. The van der Waals surface area contributed by atoms with E-state index in [-0.39, 0.29) is 0 Å². The van der Waals surface area contributed by atoms with Crippen molar-refractivity contribution in [2.24, 2.45) is 7.05 Å². The summed E-state index contributed by atoms with van der Waals surface area (Å²) in [5, 5.41) is 22.3. The van der Waals surface area contributed by atoms with E-state index >= 15 is 0 Å². The summed E-state index contributed by atoms with van der Waals surface area (Å²) < 4.78 is 10.2. The molecule has 0 unspecified atom stereocenters. The van der Waals surface area contributed by atoms with Gasteiger partial charge < -0.3 is 19.7 Å². The van der Waals surface area contributed by atoms with Gasteiger partial charge in [0.2, 0.25) is 0 Å². The highest BCUT2D eigenvalue weighted by Crippen LogP contribution is 2.39. The lowest BCUT2D eigenvalue weighted by atomic mass is 9.98. The van der Waals surface area contributed by atoms with Crippen LogP contribution in [0, 0.1) is 6.92 Å². The van der Waals surface area contributed by atoms with Crippen molar-refractivity contribution in [2.45, 2.75) is 39.4 Å². The molecule has 4 aromatic carbocycles. The molecule has 2 N–H and O–H groups in total. The number of hydrogen-bond donors (Lipinski definition) is 2. The summed E-state index contributed by atoms with van der Waals surface area (Å²) in [6.07, 6.45) is 1.27. The fourth-order valence-electron chi connectivity index (χ4n) is 6.61. The molecule has 216 valence electrons. The van der Waals surface area contributed by atoms with Gasteiger partial charge in [-0.05, 0) is 47.9 Å². The topological polar surface area (TPSA) is 81.3 Å². The molecular formula is C36H34N4O3. The minimum Gasteiger partial charge on any atom is -0.493 e. The van der Waals surface area contributed by atoms with Gasteiger partial charge in [0.25, 0.3) is 0 Å². The fraction of sp³-hybridized carbons (Fsp3) is 0.222. The molecule has 0 amide bonds. The molecule has 7 heteroatoms. The van der Waals surface area contributed by atoms with Crippen molar-refractivity contribution in [3.05, 3.63) is 119 Å². The van der Waals surface area contributed by atoms with E-state index in [1.807, 2.05) is 58.8 Å². The van der Waals surface area contributed by atoms with E-state index in [2.05, 4.69) is 54.7 Å². The van der Waals surface area contributed by atoms with Gasteiger partial charge in [-0.3, -0.25) is 4.68 Å². The average molecular weight is 571 g/mol. The summed E-state index contributed by atoms with van der Waals surface area (Å²) in [7, 11) is 1.97. The van der Waals surface area contributed by atoms with Gasteiger partial charge in [-0.15, -0.1) is 0 Å². The molecule has 6 aromatic rings. The van der Waals surface area contributed by atoms with Crippen LogP contribution in [-0.4, -0.2) is 32.0 Å². The van der Waals surface area contributed by atoms with Crippen LogP contribution in [0.4, 0.5) is 0 Å². The van der Waals surface area contributed by atoms with Gasteiger partial charge in [-0.2, -0.15) is 5.10 Å². The number of nitrogens with zero attached hydrogens (tertiary/aromatic N) is 3. The first kappa shape index (κ1) is 27.0. The Morgan fingerprint density at radius 2 is 1.67 bits per heavy atom. The smallest absolute Gasteiger partial charge is 0.352 e. The second-order valence-corrected chi connectivity index (χ2v) is 11.3. The molecule has 1 aliphatic heterocycles. The summed E-state index contributed by atoms with van der Waals surface area (Å²) in [5.74, 6) is -0.0683. The Morgan fingerprint density at radius 3 is 2.53 bits per heavy atom.